The smallest absolute Gasteiger partial charge is 0.264 e. The Balaban J connectivity index is 1.96. The van der Waals surface area contributed by atoms with Gasteiger partial charge in [0.1, 0.15) is 0 Å². The first-order valence-electron chi connectivity index (χ1n) is 7.20. The number of nitrogens with zero attached hydrogens (tertiary/aromatic N) is 3. The Morgan fingerprint density at radius 3 is 2.95 bits per heavy atom. The summed E-state index contributed by atoms with van der Waals surface area (Å²) in [5.74, 6) is 0.106. The van der Waals surface area contributed by atoms with Gasteiger partial charge in [0.05, 0.1) is 27.8 Å². The van der Waals surface area contributed by atoms with Gasteiger partial charge in [-0.25, -0.2) is 0 Å². The lowest BCUT2D eigenvalue weighted by atomic mass is 10.1. The second-order valence-electron chi connectivity index (χ2n) is 5.34. The molecular weight excluding hydrogens is 306 g/mol. The zero-order valence-corrected chi connectivity index (χ0v) is 13.5. The van der Waals surface area contributed by atoms with Gasteiger partial charge in [-0.2, -0.15) is 5.10 Å². The molecule has 0 spiro atoms. The van der Waals surface area contributed by atoms with Gasteiger partial charge in [0, 0.05) is 13.6 Å². The van der Waals surface area contributed by atoms with Crippen molar-refractivity contribution < 1.29 is 4.79 Å². The average Bonchev–Trinajstić information content (AvgIpc) is 3.04. The van der Waals surface area contributed by atoms with Crippen molar-refractivity contribution in [2.75, 3.05) is 6.54 Å². The number of aryl methyl sites for hydroxylation is 1. The maximum Gasteiger partial charge on any atom is 0.264 e. The molecule has 0 saturated carbocycles. The number of carbonyl (C=O) groups excluding carboxylic acids is 1. The summed E-state index contributed by atoms with van der Waals surface area (Å²) in [6, 6.07) is 3.82. The van der Waals surface area contributed by atoms with Gasteiger partial charge in [-0.1, -0.05) is 30.5 Å². The molecule has 2 aromatic rings. The molecule has 1 aliphatic rings. The first-order valence-corrected chi connectivity index (χ1v) is 8.46. The zero-order chi connectivity index (χ0) is 14.8. The van der Waals surface area contributed by atoms with Gasteiger partial charge in [0.15, 0.2) is 0 Å². The molecule has 1 amide bonds. The molecule has 0 N–H and O–H groups in total. The van der Waals surface area contributed by atoms with Crippen LogP contribution in [0.15, 0.2) is 23.7 Å². The second-order valence-corrected chi connectivity index (χ2v) is 6.70. The lowest BCUT2D eigenvalue weighted by Gasteiger charge is -2.30. The molecule has 21 heavy (non-hydrogen) atoms. The highest BCUT2D eigenvalue weighted by Gasteiger charge is 2.31. The van der Waals surface area contributed by atoms with Gasteiger partial charge in [0.25, 0.3) is 5.91 Å². The van der Waals surface area contributed by atoms with Gasteiger partial charge in [-0.3, -0.25) is 9.48 Å². The van der Waals surface area contributed by atoms with Crippen molar-refractivity contribution in [1.29, 1.82) is 0 Å². The minimum Gasteiger partial charge on any atom is -0.329 e. The topological polar surface area (TPSA) is 38.1 Å². The van der Waals surface area contributed by atoms with E-state index >= 15 is 0 Å². The first-order chi connectivity index (χ1) is 10.2. The van der Waals surface area contributed by atoms with E-state index in [9.17, 15) is 4.79 Å². The summed E-state index contributed by atoms with van der Waals surface area (Å²) in [7, 11) is 1.89. The quantitative estimate of drug-likeness (QED) is 0.841. The van der Waals surface area contributed by atoms with Crippen LogP contribution in [-0.4, -0.2) is 27.1 Å². The number of amides is 1. The normalized spacial score (nSPS) is 19.5. The van der Waals surface area contributed by atoms with E-state index in [4.69, 9.17) is 11.6 Å². The number of likely N-dealkylation sites (tertiary alicyclic amines) is 1. The maximum atomic E-state index is 12.8. The Morgan fingerprint density at radius 2 is 2.29 bits per heavy atom. The lowest BCUT2D eigenvalue weighted by molar-refractivity contribution is 0.0678. The van der Waals surface area contributed by atoms with E-state index in [0.717, 1.165) is 42.8 Å². The third-order valence-electron chi connectivity index (χ3n) is 4.00. The van der Waals surface area contributed by atoms with E-state index < -0.39 is 0 Å². The van der Waals surface area contributed by atoms with Crippen LogP contribution in [-0.2, 0) is 7.05 Å². The summed E-state index contributed by atoms with van der Waals surface area (Å²) in [5.41, 5.74) is 0.948. The van der Waals surface area contributed by atoms with Gasteiger partial charge in [-0.05, 0) is 24.3 Å². The van der Waals surface area contributed by atoms with Crippen LogP contribution in [0.3, 0.4) is 0 Å². The third-order valence-corrected chi connectivity index (χ3v) is 5.15. The first kappa shape index (κ1) is 14.6. The highest BCUT2D eigenvalue weighted by molar-refractivity contribution is 7.12. The number of halogens is 1. The van der Waals surface area contributed by atoms with E-state index in [1.54, 1.807) is 10.9 Å². The van der Waals surface area contributed by atoms with Crippen molar-refractivity contribution in [2.45, 2.75) is 31.7 Å². The third kappa shape index (κ3) is 2.85. The van der Waals surface area contributed by atoms with E-state index in [1.807, 2.05) is 29.5 Å². The van der Waals surface area contributed by atoms with Gasteiger partial charge in [0.2, 0.25) is 0 Å². The van der Waals surface area contributed by atoms with Crippen LogP contribution in [0.5, 0.6) is 0 Å². The van der Waals surface area contributed by atoms with Gasteiger partial charge < -0.3 is 4.90 Å². The number of carbonyl (C=O) groups is 1. The van der Waals surface area contributed by atoms with Crippen molar-refractivity contribution >= 4 is 28.8 Å². The standard InChI is InChI=1S/C15H18ClN3OS/c1-18-14(11(16)10-17-18)12-6-3-2-4-8-19(12)15(20)13-7-5-9-21-13/h5,7,9-10,12H,2-4,6,8H2,1H3. The molecule has 2 aromatic heterocycles. The molecule has 0 aliphatic carbocycles. The molecule has 1 fully saturated rings. The highest BCUT2D eigenvalue weighted by atomic mass is 35.5. The minimum absolute atomic E-state index is 0.0158. The fourth-order valence-electron chi connectivity index (χ4n) is 2.97. The van der Waals surface area contributed by atoms with Gasteiger partial charge in [-0.15, -0.1) is 11.3 Å². The van der Waals surface area contributed by atoms with Crippen LogP contribution in [0, 0.1) is 0 Å². The van der Waals surface area contributed by atoms with Crippen LogP contribution < -0.4 is 0 Å². The molecule has 1 atom stereocenters. The van der Waals surface area contributed by atoms with Crippen LogP contribution in [0.2, 0.25) is 5.02 Å². The molecular formula is C15H18ClN3OS. The number of hydrogen-bond donors (Lipinski definition) is 0. The molecule has 112 valence electrons. The largest absolute Gasteiger partial charge is 0.329 e. The Morgan fingerprint density at radius 1 is 1.43 bits per heavy atom. The van der Waals surface area contributed by atoms with Crippen molar-refractivity contribution in [3.05, 3.63) is 39.3 Å². The molecule has 6 heteroatoms. The highest BCUT2D eigenvalue weighted by Crippen LogP contribution is 2.35. The minimum atomic E-state index is 0.0158. The van der Waals surface area contributed by atoms with Crippen LogP contribution in [0.25, 0.3) is 0 Å². The summed E-state index contributed by atoms with van der Waals surface area (Å²) in [6.45, 7) is 0.781. The van der Waals surface area contributed by atoms with Crippen LogP contribution >= 0.6 is 22.9 Å². The predicted molar refractivity (Wildman–Crippen MR) is 84.8 cm³/mol. The van der Waals surface area contributed by atoms with Crippen molar-refractivity contribution in [1.82, 2.24) is 14.7 Å². The Hall–Kier alpha value is -1.33. The predicted octanol–water partition coefficient (Wildman–Crippen LogP) is 3.89. The molecule has 3 rings (SSSR count). The molecule has 0 bridgehead atoms. The van der Waals surface area contributed by atoms with Crippen molar-refractivity contribution in [3.63, 3.8) is 0 Å². The lowest BCUT2D eigenvalue weighted by Crippen LogP contribution is -2.35. The second kappa shape index (κ2) is 6.20. The fraction of sp³-hybridized carbons (Fsp3) is 0.467. The summed E-state index contributed by atoms with van der Waals surface area (Å²) >= 11 is 7.80. The summed E-state index contributed by atoms with van der Waals surface area (Å²) in [5, 5.41) is 6.82. The van der Waals surface area contributed by atoms with E-state index in [0.29, 0.717) is 5.02 Å². The Bertz CT molecular complexity index is 603. The molecule has 4 nitrogen and oxygen atoms in total. The Labute approximate surface area is 133 Å². The van der Waals surface area contributed by atoms with E-state index in [2.05, 4.69) is 5.10 Å². The van der Waals surface area contributed by atoms with E-state index in [-0.39, 0.29) is 11.9 Å². The monoisotopic (exact) mass is 323 g/mol. The molecule has 0 aromatic carbocycles. The summed E-state index contributed by atoms with van der Waals surface area (Å²) in [6.07, 6.45) is 5.91. The van der Waals surface area contributed by atoms with Crippen molar-refractivity contribution in [2.24, 2.45) is 7.05 Å². The van der Waals surface area contributed by atoms with E-state index in [1.165, 1.54) is 11.3 Å². The molecule has 1 unspecified atom stereocenters. The number of rotatable bonds is 2. The Kier molecular flexibility index (Phi) is 4.31. The fourth-order valence-corrected chi connectivity index (χ4v) is 3.94. The molecule has 3 heterocycles. The molecule has 0 radical (unpaired) electrons. The summed E-state index contributed by atoms with van der Waals surface area (Å²) < 4.78 is 1.80. The number of aromatic nitrogens is 2. The molecule has 1 saturated heterocycles. The maximum absolute atomic E-state index is 12.8. The average molecular weight is 324 g/mol. The SMILES string of the molecule is Cn1ncc(Cl)c1C1CCCCCN1C(=O)c1cccs1. The van der Waals surface area contributed by atoms with Crippen molar-refractivity contribution in [3.8, 4) is 0 Å². The number of hydrogen-bond acceptors (Lipinski definition) is 3. The summed E-state index contributed by atoms with van der Waals surface area (Å²) in [4.78, 5) is 15.6. The van der Waals surface area contributed by atoms with Gasteiger partial charge >= 0.3 is 0 Å². The van der Waals surface area contributed by atoms with Crippen LogP contribution in [0.4, 0.5) is 0 Å². The zero-order valence-electron chi connectivity index (χ0n) is 12.0. The van der Waals surface area contributed by atoms with Crippen LogP contribution in [0.1, 0.15) is 47.1 Å². The number of thiophene rings is 1. The molecule has 1 aliphatic heterocycles.